The van der Waals surface area contributed by atoms with Gasteiger partial charge in [-0.05, 0) is 80.3 Å². The lowest BCUT2D eigenvalue weighted by Crippen LogP contribution is -2.59. The van der Waals surface area contributed by atoms with E-state index in [1.165, 1.54) is 12.8 Å². The molecule has 0 radical (unpaired) electrons. The Balaban J connectivity index is 1.38. The van der Waals surface area contributed by atoms with Gasteiger partial charge in [0.25, 0.3) is 0 Å². The first-order valence-corrected chi connectivity index (χ1v) is 20.8. The molecular weight excluding hydrogens is 655 g/mol. The Hall–Kier alpha value is -2.89. The van der Waals surface area contributed by atoms with Gasteiger partial charge in [-0.25, -0.2) is 13.1 Å². The van der Waals surface area contributed by atoms with Crippen molar-refractivity contribution in [3.05, 3.63) is 90.5 Å². The third-order valence-corrected chi connectivity index (χ3v) is 12.0. The van der Waals surface area contributed by atoms with E-state index in [1.54, 1.807) is 6.08 Å². The lowest BCUT2D eigenvalue weighted by atomic mass is 9.72. The predicted octanol–water partition coefficient (Wildman–Crippen LogP) is 5.44. The van der Waals surface area contributed by atoms with Gasteiger partial charge in [-0.3, -0.25) is 13.9 Å². The molecule has 3 aromatic rings. The standard InChI is InChI=1S/C39H53N3O5S2/c1-39(2,3)40-38(44)36-24-31-16-10-11-17-33(31)25-42(36)26-37(43)32(22-28-12-6-5-7-13-28)18-20-34(41-49(4,46)47)27-48(45)35-21-19-29-14-8-9-15-30(29)23-35/h5-9,12-15,18-21,23,31-34,36-37,41,43H,10-11,16-17,22,24-27H2,1-4H3,(H,40,44)/b20-18+/t31-,32-,33+,34-,36-,37?,48?/m0/s1. The summed E-state index contributed by atoms with van der Waals surface area (Å²) in [4.78, 5) is 16.4. The van der Waals surface area contributed by atoms with Crippen LogP contribution in [0.4, 0.5) is 0 Å². The van der Waals surface area contributed by atoms with Crippen LogP contribution in [0.25, 0.3) is 10.8 Å². The maximum absolute atomic E-state index is 13.6. The monoisotopic (exact) mass is 707 g/mol. The normalized spacial score (nSPS) is 23.1. The molecular formula is C39H53N3O5S2. The minimum absolute atomic E-state index is 0.00691. The highest BCUT2D eigenvalue weighted by Crippen LogP contribution is 2.39. The van der Waals surface area contributed by atoms with Gasteiger partial charge >= 0.3 is 0 Å². The molecule has 7 atom stereocenters. The van der Waals surface area contributed by atoms with Crippen molar-refractivity contribution in [2.75, 3.05) is 25.1 Å². The smallest absolute Gasteiger partial charge is 0.237 e. The Morgan fingerprint density at radius 1 is 0.980 bits per heavy atom. The van der Waals surface area contributed by atoms with E-state index >= 15 is 0 Å². The molecule has 2 unspecified atom stereocenters. The van der Waals surface area contributed by atoms with Gasteiger partial charge < -0.3 is 10.4 Å². The van der Waals surface area contributed by atoms with E-state index in [1.807, 2.05) is 99.6 Å². The molecule has 0 aromatic heterocycles. The average Bonchev–Trinajstić information content (AvgIpc) is 3.04. The van der Waals surface area contributed by atoms with Crippen molar-refractivity contribution in [1.82, 2.24) is 14.9 Å². The van der Waals surface area contributed by atoms with Crippen molar-refractivity contribution >= 4 is 37.5 Å². The average molecular weight is 708 g/mol. The van der Waals surface area contributed by atoms with Crippen LogP contribution in [-0.4, -0.2) is 77.4 Å². The third-order valence-electron chi connectivity index (χ3n) is 9.80. The predicted molar refractivity (Wildman–Crippen MR) is 199 cm³/mol. The molecule has 5 rings (SSSR count). The van der Waals surface area contributed by atoms with Crippen LogP contribution in [0.1, 0.15) is 58.4 Å². The Morgan fingerprint density at radius 3 is 2.35 bits per heavy atom. The number of aliphatic hydroxyl groups is 1. The number of piperidine rings is 1. The molecule has 8 nitrogen and oxygen atoms in total. The molecule has 10 heteroatoms. The maximum atomic E-state index is 13.6. The van der Waals surface area contributed by atoms with Crippen molar-refractivity contribution in [3.63, 3.8) is 0 Å². The Bertz CT molecular complexity index is 1720. The number of carbonyl (C=O) groups is 1. The van der Waals surface area contributed by atoms with Gasteiger partial charge in [-0.1, -0.05) is 92.1 Å². The number of hydrogen-bond donors (Lipinski definition) is 3. The second-order valence-corrected chi connectivity index (χ2v) is 18.3. The van der Waals surface area contributed by atoms with E-state index in [-0.39, 0.29) is 29.2 Å². The molecule has 49 heavy (non-hydrogen) atoms. The van der Waals surface area contributed by atoms with Gasteiger partial charge in [0.05, 0.1) is 35.2 Å². The molecule has 0 spiro atoms. The van der Waals surface area contributed by atoms with Crippen molar-refractivity contribution in [2.45, 2.75) is 87.9 Å². The quantitative estimate of drug-likeness (QED) is 0.204. The van der Waals surface area contributed by atoms with Crippen LogP contribution in [0.15, 0.2) is 89.8 Å². The molecule has 1 saturated carbocycles. The first-order valence-electron chi connectivity index (χ1n) is 17.5. The number of aliphatic hydroxyl groups excluding tert-OH is 1. The minimum Gasteiger partial charge on any atom is -0.391 e. The molecule has 2 aliphatic rings. The summed E-state index contributed by atoms with van der Waals surface area (Å²) in [6.45, 7) is 7.07. The van der Waals surface area contributed by atoms with Gasteiger partial charge in [0, 0.05) is 35.2 Å². The van der Waals surface area contributed by atoms with Gasteiger partial charge in [0.2, 0.25) is 15.9 Å². The van der Waals surface area contributed by atoms with Gasteiger partial charge in [0.1, 0.15) is 0 Å². The number of rotatable bonds is 13. The summed E-state index contributed by atoms with van der Waals surface area (Å²) in [6.07, 6.45) is 9.90. The van der Waals surface area contributed by atoms with Gasteiger partial charge in [-0.15, -0.1) is 0 Å². The van der Waals surface area contributed by atoms with E-state index < -0.39 is 33.0 Å². The van der Waals surface area contributed by atoms with Crippen molar-refractivity contribution in [3.8, 4) is 0 Å². The van der Waals surface area contributed by atoms with E-state index in [0.717, 1.165) is 48.4 Å². The Kier molecular flexibility index (Phi) is 12.5. The van der Waals surface area contributed by atoms with Gasteiger partial charge in [-0.2, -0.15) is 0 Å². The van der Waals surface area contributed by atoms with E-state index in [9.17, 15) is 22.5 Å². The second-order valence-electron chi connectivity index (χ2n) is 15.1. The van der Waals surface area contributed by atoms with E-state index in [4.69, 9.17) is 0 Å². The molecule has 1 saturated heterocycles. The number of sulfonamides is 1. The molecule has 1 amide bonds. The van der Waals surface area contributed by atoms with Crippen LogP contribution in [-0.2, 0) is 32.0 Å². The van der Waals surface area contributed by atoms with Crippen LogP contribution < -0.4 is 10.0 Å². The minimum atomic E-state index is -3.63. The zero-order valence-corrected chi connectivity index (χ0v) is 30.9. The molecule has 1 heterocycles. The summed E-state index contributed by atoms with van der Waals surface area (Å²) in [5, 5.41) is 17.1. The van der Waals surface area contributed by atoms with Crippen molar-refractivity contribution in [2.24, 2.45) is 17.8 Å². The van der Waals surface area contributed by atoms with Crippen LogP contribution in [0.3, 0.4) is 0 Å². The number of hydrogen-bond acceptors (Lipinski definition) is 6. The SMILES string of the molecule is CC(C)(C)NC(=O)[C@@H]1C[C@@H]2CCCC[C@@H]2CN1CC(O)[C@@H](/C=C/[C@@H](CS(=O)c1ccc2ccccc2c1)NS(C)(=O)=O)Cc1ccccc1. The molecule has 0 bridgehead atoms. The zero-order valence-electron chi connectivity index (χ0n) is 29.3. The highest BCUT2D eigenvalue weighted by Gasteiger charge is 2.41. The first kappa shape index (κ1) is 37.4. The lowest BCUT2D eigenvalue weighted by Gasteiger charge is -2.47. The summed E-state index contributed by atoms with van der Waals surface area (Å²) in [6, 6.07) is 22.3. The lowest BCUT2D eigenvalue weighted by molar-refractivity contribution is -0.132. The first-order chi connectivity index (χ1) is 23.2. The van der Waals surface area contributed by atoms with Crippen LogP contribution >= 0.6 is 0 Å². The fourth-order valence-corrected chi connectivity index (χ4v) is 9.48. The van der Waals surface area contributed by atoms with Crippen LogP contribution in [0.2, 0.25) is 0 Å². The number of benzene rings is 3. The van der Waals surface area contributed by atoms with Crippen molar-refractivity contribution in [1.29, 1.82) is 0 Å². The fraction of sp³-hybridized carbons (Fsp3) is 0.513. The summed E-state index contributed by atoms with van der Waals surface area (Å²) in [7, 11) is -5.12. The van der Waals surface area contributed by atoms with Crippen LogP contribution in [0, 0.1) is 17.8 Å². The number of likely N-dealkylation sites (tertiary alicyclic amines) is 1. The maximum Gasteiger partial charge on any atom is 0.237 e. The Labute approximate surface area is 295 Å². The number of nitrogens with zero attached hydrogens (tertiary/aromatic N) is 1. The van der Waals surface area contributed by atoms with Crippen LogP contribution in [0.5, 0.6) is 0 Å². The number of amides is 1. The van der Waals surface area contributed by atoms with Crippen molar-refractivity contribution < 1.29 is 22.5 Å². The molecule has 266 valence electrons. The second kappa shape index (κ2) is 16.4. The number of fused-ring (bicyclic) bond motifs is 2. The fourth-order valence-electron chi connectivity index (χ4n) is 7.47. The van der Waals surface area contributed by atoms with E-state index in [0.29, 0.717) is 29.7 Å². The highest BCUT2D eigenvalue weighted by atomic mass is 32.2. The topological polar surface area (TPSA) is 116 Å². The number of β-amino-alcohol motifs (C(OH)–C–C–N with tert-alkyl or cyclic N) is 1. The number of nitrogens with one attached hydrogen (secondary N) is 2. The largest absolute Gasteiger partial charge is 0.391 e. The molecule has 1 aliphatic carbocycles. The molecule has 3 N–H and O–H groups in total. The summed E-state index contributed by atoms with van der Waals surface area (Å²) < 4.78 is 41.1. The summed E-state index contributed by atoms with van der Waals surface area (Å²) in [5.41, 5.74) is 0.675. The highest BCUT2D eigenvalue weighted by molar-refractivity contribution is 7.89. The Morgan fingerprint density at radius 2 is 1.65 bits per heavy atom. The molecule has 3 aromatic carbocycles. The van der Waals surface area contributed by atoms with E-state index in [2.05, 4.69) is 14.9 Å². The summed E-state index contributed by atoms with van der Waals surface area (Å²) >= 11 is 0. The van der Waals surface area contributed by atoms with Gasteiger partial charge in [0.15, 0.2) is 0 Å². The number of carbonyl (C=O) groups excluding carboxylic acids is 1. The molecule has 1 aliphatic heterocycles. The molecule has 2 fully saturated rings. The zero-order chi connectivity index (χ0) is 35.2. The summed E-state index contributed by atoms with van der Waals surface area (Å²) in [5.74, 6) is 0.698. The third kappa shape index (κ3) is 11.0.